The number of aliphatic hydroxyl groups excluding tert-OH is 1. The van der Waals surface area contributed by atoms with E-state index in [2.05, 4.69) is 5.32 Å². The van der Waals surface area contributed by atoms with E-state index in [-0.39, 0.29) is 24.2 Å². The molecular weight excluding hydrogens is 234 g/mol. The van der Waals surface area contributed by atoms with Gasteiger partial charge in [-0.1, -0.05) is 0 Å². The second-order valence-electron chi connectivity index (χ2n) is 5.81. The average Bonchev–Trinajstić information content (AvgIpc) is 3.12. The molecule has 1 saturated heterocycles. The fourth-order valence-electron chi connectivity index (χ4n) is 2.74. The molecule has 2 fully saturated rings. The second kappa shape index (κ2) is 5.06. The number of ether oxygens (including phenoxy) is 2. The van der Waals surface area contributed by atoms with E-state index >= 15 is 0 Å². The Labute approximate surface area is 108 Å². The number of hydrogen-bond acceptors (Lipinski definition) is 5. The van der Waals surface area contributed by atoms with Crippen molar-refractivity contribution in [3.63, 3.8) is 0 Å². The zero-order valence-electron chi connectivity index (χ0n) is 11.5. The molecule has 1 aliphatic carbocycles. The summed E-state index contributed by atoms with van der Waals surface area (Å²) in [6, 6.07) is 0. The highest BCUT2D eigenvalue weighted by Gasteiger charge is 2.52. The smallest absolute Gasteiger partial charge is 0.188 e. The van der Waals surface area contributed by atoms with E-state index in [1.807, 2.05) is 0 Å². The molecule has 0 aromatic carbocycles. The van der Waals surface area contributed by atoms with Gasteiger partial charge in [0.1, 0.15) is 6.10 Å². The van der Waals surface area contributed by atoms with Crippen LogP contribution in [0.15, 0.2) is 0 Å². The quantitative estimate of drug-likeness (QED) is 0.617. The van der Waals surface area contributed by atoms with Gasteiger partial charge in [-0.2, -0.15) is 0 Å². The summed E-state index contributed by atoms with van der Waals surface area (Å²) in [6.07, 6.45) is 2.76. The molecule has 1 spiro atoms. The molecule has 18 heavy (non-hydrogen) atoms. The molecule has 5 nitrogen and oxygen atoms in total. The zero-order chi connectivity index (χ0) is 13.4. The van der Waals surface area contributed by atoms with Gasteiger partial charge in [0, 0.05) is 31.7 Å². The number of rotatable bonds is 5. The molecule has 0 amide bonds. The Morgan fingerprint density at radius 3 is 2.67 bits per heavy atom. The van der Waals surface area contributed by atoms with Crippen LogP contribution in [-0.2, 0) is 9.47 Å². The van der Waals surface area contributed by atoms with Crippen molar-refractivity contribution in [1.29, 1.82) is 0 Å². The van der Waals surface area contributed by atoms with Crippen molar-refractivity contribution in [3.05, 3.63) is 0 Å². The Balaban J connectivity index is 1.88. The first-order valence-electron chi connectivity index (χ1n) is 6.72. The van der Waals surface area contributed by atoms with Crippen LogP contribution in [0.3, 0.4) is 0 Å². The lowest BCUT2D eigenvalue weighted by molar-refractivity contribution is -0.250. The number of nitrogens with one attached hydrogen (secondary N) is 1. The molecule has 1 heterocycles. The van der Waals surface area contributed by atoms with Crippen LogP contribution in [0.25, 0.3) is 0 Å². The molecule has 5 heteroatoms. The van der Waals surface area contributed by atoms with Crippen LogP contribution in [0.1, 0.15) is 33.1 Å². The summed E-state index contributed by atoms with van der Waals surface area (Å²) in [5.41, 5.74) is 0.168. The Morgan fingerprint density at radius 2 is 2.17 bits per heavy atom. The van der Waals surface area contributed by atoms with Gasteiger partial charge in [0.2, 0.25) is 0 Å². The van der Waals surface area contributed by atoms with Gasteiger partial charge in [-0.25, -0.2) is 0 Å². The summed E-state index contributed by atoms with van der Waals surface area (Å²) in [4.78, 5) is 0. The number of piperidine rings is 1. The topological polar surface area (TPSA) is 71.0 Å². The van der Waals surface area contributed by atoms with Crippen molar-refractivity contribution in [2.45, 2.75) is 56.6 Å². The third kappa shape index (κ3) is 2.70. The normalized spacial score (nSPS) is 35.2. The Kier molecular flexibility index (Phi) is 3.99. The van der Waals surface area contributed by atoms with Gasteiger partial charge in [0.15, 0.2) is 5.79 Å². The molecule has 0 radical (unpaired) electrons. The molecular formula is C13H25NO4. The monoisotopic (exact) mass is 259 g/mol. The lowest BCUT2D eigenvalue weighted by atomic mass is 9.87. The lowest BCUT2D eigenvalue weighted by Crippen LogP contribution is -2.53. The molecule has 4 unspecified atom stereocenters. The van der Waals surface area contributed by atoms with Crippen LogP contribution < -0.4 is 5.32 Å². The van der Waals surface area contributed by atoms with Crippen LogP contribution in [0.2, 0.25) is 0 Å². The zero-order valence-corrected chi connectivity index (χ0v) is 11.5. The highest BCUT2D eigenvalue weighted by atomic mass is 16.6. The summed E-state index contributed by atoms with van der Waals surface area (Å²) in [6.45, 7) is 4.38. The third-order valence-corrected chi connectivity index (χ3v) is 4.58. The van der Waals surface area contributed by atoms with Gasteiger partial charge in [0.25, 0.3) is 0 Å². The van der Waals surface area contributed by atoms with Gasteiger partial charge in [-0.05, 0) is 33.1 Å². The minimum absolute atomic E-state index is 0.0185. The molecule has 106 valence electrons. The molecule has 0 bridgehead atoms. The standard InChI is InChI=1S/C13H25NO4/c1-9(12(2,16)17-3)18-11-6-10(8-15)13(4-5-13)14-7-11/h9-11,14-16H,4-8H2,1-3H3. The van der Waals surface area contributed by atoms with Gasteiger partial charge >= 0.3 is 0 Å². The molecule has 4 atom stereocenters. The summed E-state index contributed by atoms with van der Waals surface area (Å²) >= 11 is 0. The van der Waals surface area contributed by atoms with E-state index in [0.717, 1.165) is 25.8 Å². The first-order valence-corrected chi connectivity index (χ1v) is 6.72. The van der Waals surface area contributed by atoms with Crippen molar-refractivity contribution in [3.8, 4) is 0 Å². The van der Waals surface area contributed by atoms with Crippen LogP contribution >= 0.6 is 0 Å². The van der Waals surface area contributed by atoms with Crippen molar-refractivity contribution in [1.82, 2.24) is 5.32 Å². The van der Waals surface area contributed by atoms with Crippen molar-refractivity contribution >= 4 is 0 Å². The minimum Gasteiger partial charge on any atom is -0.396 e. The van der Waals surface area contributed by atoms with E-state index in [1.54, 1.807) is 13.8 Å². The summed E-state index contributed by atoms with van der Waals surface area (Å²) in [5, 5.41) is 22.9. The van der Waals surface area contributed by atoms with Crippen LogP contribution in [0.4, 0.5) is 0 Å². The molecule has 0 aromatic heterocycles. The lowest BCUT2D eigenvalue weighted by Gasteiger charge is -2.39. The molecule has 3 N–H and O–H groups in total. The van der Waals surface area contributed by atoms with E-state index < -0.39 is 11.9 Å². The third-order valence-electron chi connectivity index (χ3n) is 4.58. The van der Waals surface area contributed by atoms with E-state index in [4.69, 9.17) is 9.47 Å². The largest absolute Gasteiger partial charge is 0.396 e. The van der Waals surface area contributed by atoms with E-state index in [1.165, 1.54) is 7.11 Å². The van der Waals surface area contributed by atoms with Crippen LogP contribution in [0, 0.1) is 5.92 Å². The van der Waals surface area contributed by atoms with Gasteiger partial charge in [-0.3, -0.25) is 0 Å². The van der Waals surface area contributed by atoms with E-state index in [0.29, 0.717) is 0 Å². The highest BCUT2D eigenvalue weighted by molar-refractivity contribution is 5.10. The van der Waals surface area contributed by atoms with Gasteiger partial charge in [0.05, 0.1) is 6.10 Å². The van der Waals surface area contributed by atoms with Crippen LogP contribution in [-0.4, -0.2) is 54.0 Å². The SMILES string of the molecule is COC(C)(O)C(C)OC1CNC2(CC2)C(CO)C1. The molecule has 2 aliphatic rings. The fourth-order valence-corrected chi connectivity index (χ4v) is 2.74. The Bertz CT molecular complexity index is 291. The fraction of sp³-hybridized carbons (Fsp3) is 1.00. The maximum Gasteiger partial charge on any atom is 0.188 e. The van der Waals surface area contributed by atoms with Crippen molar-refractivity contribution in [2.24, 2.45) is 5.92 Å². The summed E-state index contributed by atoms with van der Waals surface area (Å²) in [5.74, 6) is -1.01. The number of aliphatic hydroxyl groups is 2. The first kappa shape index (κ1) is 14.2. The molecule has 1 aliphatic heterocycles. The molecule has 0 aromatic rings. The maximum atomic E-state index is 9.94. The van der Waals surface area contributed by atoms with Crippen LogP contribution in [0.5, 0.6) is 0 Å². The number of methoxy groups -OCH3 is 1. The Morgan fingerprint density at radius 1 is 1.50 bits per heavy atom. The van der Waals surface area contributed by atoms with Crippen molar-refractivity contribution < 1.29 is 19.7 Å². The second-order valence-corrected chi connectivity index (χ2v) is 5.81. The minimum atomic E-state index is -1.27. The van der Waals surface area contributed by atoms with Crippen molar-refractivity contribution in [2.75, 3.05) is 20.3 Å². The highest BCUT2D eigenvalue weighted by Crippen LogP contribution is 2.46. The predicted octanol–water partition coefficient (Wildman–Crippen LogP) is 0.249. The first-order chi connectivity index (χ1) is 8.43. The molecule has 2 rings (SSSR count). The number of hydrogen-bond donors (Lipinski definition) is 3. The van der Waals surface area contributed by atoms with Gasteiger partial charge in [-0.15, -0.1) is 0 Å². The summed E-state index contributed by atoms with van der Waals surface area (Å²) < 4.78 is 10.9. The van der Waals surface area contributed by atoms with Gasteiger partial charge < -0.3 is 25.0 Å². The average molecular weight is 259 g/mol. The predicted molar refractivity (Wildman–Crippen MR) is 67.1 cm³/mol. The van der Waals surface area contributed by atoms with E-state index in [9.17, 15) is 10.2 Å². The Hall–Kier alpha value is -0.200. The molecule has 1 saturated carbocycles. The maximum absolute atomic E-state index is 9.94. The summed E-state index contributed by atoms with van der Waals surface area (Å²) in [7, 11) is 1.47.